The Balaban J connectivity index is 2.51. The first-order chi connectivity index (χ1) is 6.83. The van der Waals surface area contributed by atoms with Crippen molar-refractivity contribution in [3.05, 3.63) is 0 Å². The van der Waals surface area contributed by atoms with Crippen LogP contribution in [-0.4, -0.2) is 37.1 Å². The van der Waals surface area contributed by atoms with Gasteiger partial charge >= 0.3 is 0 Å². The van der Waals surface area contributed by atoms with Crippen molar-refractivity contribution in [3.8, 4) is 0 Å². The van der Waals surface area contributed by atoms with Crippen LogP contribution in [0.5, 0.6) is 0 Å². The third-order valence-corrected chi connectivity index (χ3v) is 3.52. The van der Waals surface area contributed by atoms with Gasteiger partial charge in [0.15, 0.2) is 0 Å². The van der Waals surface area contributed by atoms with Crippen molar-refractivity contribution >= 4 is 0 Å². The molecule has 2 nitrogen and oxygen atoms in total. The van der Waals surface area contributed by atoms with Crippen molar-refractivity contribution in [1.29, 1.82) is 0 Å². The molecule has 1 N–H and O–H groups in total. The molecule has 84 valence electrons. The van der Waals surface area contributed by atoms with E-state index in [0.717, 1.165) is 18.6 Å². The van der Waals surface area contributed by atoms with Gasteiger partial charge < -0.3 is 5.32 Å². The van der Waals surface area contributed by atoms with Gasteiger partial charge in [-0.15, -0.1) is 0 Å². The molecule has 0 aliphatic carbocycles. The summed E-state index contributed by atoms with van der Waals surface area (Å²) in [5.41, 5.74) is 0. The van der Waals surface area contributed by atoms with Crippen molar-refractivity contribution in [2.75, 3.05) is 20.1 Å². The van der Waals surface area contributed by atoms with Gasteiger partial charge in [-0.05, 0) is 39.3 Å². The lowest BCUT2D eigenvalue weighted by atomic mass is 9.97. The van der Waals surface area contributed by atoms with Gasteiger partial charge in [0.1, 0.15) is 0 Å². The zero-order valence-electron chi connectivity index (χ0n) is 10.1. The topological polar surface area (TPSA) is 15.3 Å². The second kappa shape index (κ2) is 6.41. The monoisotopic (exact) mass is 198 g/mol. The quantitative estimate of drug-likeness (QED) is 0.729. The zero-order chi connectivity index (χ0) is 10.4. The van der Waals surface area contributed by atoms with Crippen LogP contribution in [0.25, 0.3) is 0 Å². The van der Waals surface area contributed by atoms with Crippen LogP contribution in [0, 0.1) is 0 Å². The lowest BCUT2D eigenvalue weighted by Crippen LogP contribution is -2.49. The molecule has 1 aliphatic rings. The minimum absolute atomic E-state index is 0.755. The molecule has 1 fully saturated rings. The Hall–Kier alpha value is -0.0800. The number of likely N-dealkylation sites (tertiary alicyclic amines) is 1. The maximum Gasteiger partial charge on any atom is 0.0220 e. The summed E-state index contributed by atoms with van der Waals surface area (Å²) >= 11 is 0. The van der Waals surface area contributed by atoms with Gasteiger partial charge in [-0.25, -0.2) is 0 Å². The fraction of sp³-hybridized carbons (Fsp3) is 1.00. The highest BCUT2D eigenvalue weighted by Crippen LogP contribution is 2.22. The second-order valence-electron chi connectivity index (χ2n) is 4.42. The van der Waals surface area contributed by atoms with E-state index in [0.29, 0.717) is 0 Å². The Kier molecular flexibility index (Phi) is 5.49. The number of hydrogen-bond acceptors (Lipinski definition) is 2. The molecule has 0 amide bonds. The summed E-state index contributed by atoms with van der Waals surface area (Å²) in [5, 5.41) is 3.32. The Labute approximate surface area is 89.1 Å². The fourth-order valence-corrected chi connectivity index (χ4v) is 2.67. The Bertz CT molecular complexity index is 147. The zero-order valence-corrected chi connectivity index (χ0v) is 10.1. The third kappa shape index (κ3) is 2.96. The lowest BCUT2D eigenvalue weighted by Gasteiger charge is -2.40. The van der Waals surface area contributed by atoms with Crippen molar-refractivity contribution in [3.63, 3.8) is 0 Å². The molecule has 2 atom stereocenters. The van der Waals surface area contributed by atoms with E-state index >= 15 is 0 Å². The summed E-state index contributed by atoms with van der Waals surface area (Å²) in [4.78, 5) is 2.74. The molecule has 2 heteroatoms. The molecular formula is C12H26N2. The first kappa shape index (κ1) is 12.0. The number of nitrogens with one attached hydrogen (secondary N) is 1. The van der Waals surface area contributed by atoms with Gasteiger partial charge in [-0.3, -0.25) is 4.90 Å². The van der Waals surface area contributed by atoms with E-state index in [4.69, 9.17) is 0 Å². The van der Waals surface area contributed by atoms with Crippen LogP contribution in [-0.2, 0) is 0 Å². The number of rotatable bonds is 5. The van der Waals surface area contributed by atoms with E-state index in [9.17, 15) is 0 Å². The largest absolute Gasteiger partial charge is 0.318 e. The molecule has 1 heterocycles. The third-order valence-electron chi connectivity index (χ3n) is 3.52. The van der Waals surface area contributed by atoms with Gasteiger partial charge in [0.25, 0.3) is 0 Å². The maximum absolute atomic E-state index is 3.32. The van der Waals surface area contributed by atoms with Gasteiger partial charge in [0, 0.05) is 18.6 Å². The van der Waals surface area contributed by atoms with E-state index < -0.39 is 0 Å². The maximum atomic E-state index is 3.32. The minimum atomic E-state index is 0.755. The predicted octanol–water partition coefficient (Wildman–Crippen LogP) is 2.25. The molecular weight excluding hydrogens is 172 g/mol. The van der Waals surface area contributed by atoms with E-state index in [2.05, 4.69) is 31.1 Å². The standard InChI is InChI=1S/C12H26N2/c1-4-11-8-6-7-9-14(11)12(5-2)10-13-3/h11-13H,4-10H2,1-3H3. The first-order valence-corrected chi connectivity index (χ1v) is 6.23. The number of piperidine rings is 1. The van der Waals surface area contributed by atoms with Gasteiger partial charge in [0.2, 0.25) is 0 Å². The molecule has 0 aromatic heterocycles. The number of likely N-dealkylation sites (N-methyl/N-ethyl adjacent to an activating group) is 1. The van der Waals surface area contributed by atoms with Crippen molar-refractivity contribution in [2.45, 2.75) is 58.0 Å². The molecule has 1 rings (SSSR count). The van der Waals surface area contributed by atoms with Crippen LogP contribution in [0.1, 0.15) is 46.0 Å². The van der Waals surface area contributed by atoms with Crippen LogP contribution in [0.2, 0.25) is 0 Å². The van der Waals surface area contributed by atoms with Crippen molar-refractivity contribution in [2.24, 2.45) is 0 Å². The summed E-state index contributed by atoms with van der Waals surface area (Å²) in [7, 11) is 2.06. The average Bonchev–Trinajstić information content (AvgIpc) is 2.26. The fourth-order valence-electron chi connectivity index (χ4n) is 2.67. The molecule has 0 aromatic rings. The first-order valence-electron chi connectivity index (χ1n) is 6.23. The van der Waals surface area contributed by atoms with Crippen LogP contribution in [0.4, 0.5) is 0 Å². The highest BCUT2D eigenvalue weighted by atomic mass is 15.2. The molecule has 2 unspecified atom stereocenters. The molecule has 0 saturated carbocycles. The van der Waals surface area contributed by atoms with E-state index in [1.807, 2.05) is 0 Å². The molecule has 0 aromatic carbocycles. The minimum Gasteiger partial charge on any atom is -0.318 e. The van der Waals surface area contributed by atoms with Crippen molar-refractivity contribution < 1.29 is 0 Å². The summed E-state index contributed by atoms with van der Waals surface area (Å²) in [6.07, 6.45) is 6.84. The highest BCUT2D eigenvalue weighted by Gasteiger charge is 2.25. The second-order valence-corrected chi connectivity index (χ2v) is 4.42. The van der Waals surface area contributed by atoms with Crippen LogP contribution < -0.4 is 5.32 Å². The Morgan fingerprint density at radius 2 is 2.14 bits per heavy atom. The smallest absolute Gasteiger partial charge is 0.0220 e. The van der Waals surface area contributed by atoms with Crippen LogP contribution >= 0.6 is 0 Å². The molecule has 14 heavy (non-hydrogen) atoms. The van der Waals surface area contributed by atoms with Crippen LogP contribution in [0.15, 0.2) is 0 Å². The summed E-state index contributed by atoms with van der Waals surface area (Å²) < 4.78 is 0. The summed E-state index contributed by atoms with van der Waals surface area (Å²) in [5.74, 6) is 0. The molecule has 1 aliphatic heterocycles. The lowest BCUT2D eigenvalue weighted by molar-refractivity contribution is 0.0892. The SMILES string of the molecule is CCC1CCCCN1C(CC)CNC. The predicted molar refractivity (Wildman–Crippen MR) is 62.6 cm³/mol. The normalized spacial score (nSPS) is 26.4. The summed E-state index contributed by atoms with van der Waals surface area (Å²) in [6, 6.07) is 1.60. The van der Waals surface area contributed by atoms with E-state index in [1.165, 1.54) is 38.6 Å². The number of nitrogens with zero attached hydrogens (tertiary/aromatic N) is 1. The van der Waals surface area contributed by atoms with Crippen molar-refractivity contribution in [1.82, 2.24) is 10.2 Å². The Morgan fingerprint density at radius 1 is 1.36 bits per heavy atom. The molecule has 0 spiro atoms. The number of hydrogen-bond donors (Lipinski definition) is 1. The van der Waals surface area contributed by atoms with E-state index in [-0.39, 0.29) is 0 Å². The van der Waals surface area contributed by atoms with Crippen LogP contribution in [0.3, 0.4) is 0 Å². The molecule has 1 saturated heterocycles. The van der Waals surface area contributed by atoms with Gasteiger partial charge in [0.05, 0.1) is 0 Å². The Morgan fingerprint density at radius 3 is 2.71 bits per heavy atom. The van der Waals surface area contributed by atoms with Gasteiger partial charge in [-0.2, -0.15) is 0 Å². The molecule has 0 radical (unpaired) electrons. The average molecular weight is 198 g/mol. The summed E-state index contributed by atoms with van der Waals surface area (Å²) in [6.45, 7) is 7.10. The van der Waals surface area contributed by atoms with Gasteiger partial charge in [-0.1, -0.05) is 20.3 Å². The molecule has 0 bridgehead atoms. The van der Waals surface area contributed by atoms with E-state index in [1.54, 1.807) is 0 Å². The highest BCUT2D eigenvalue weighted by molar-refractivity contribution is 4.82.